The van der Waals surface area contributed by atoms with E-state index in [1.165, 1.54) is 5.56 Å². The van der Waals surface area contributed by atoms with E-state index in [2.05, 4.69) is 41.5 Å². The zero-order valence-electron chi connectivity index (χ0n) is 17.4. The molecule has 0 unspecified atom stereocenters. The van der Waals surface area contributed by atoms with Crippen LogP contribution in [0.1, 0.15) is 27.2 Å². The normalized spacial score (nSPS) is 15.0. The summed E-state index contributed by atoms with van der Waals surface area (Å²) in [5, 5.41) is 1.02. The van der Waals surface area contributed by atoms with Gasteiger partial charge in [-0.05, 0) is 49.7 Å². The molecule has 1 fully saturated rings. The molecule has 1 saturated heterocycles. The highest BCUT2D eigenvalue weighted by Gasteiger charge is 2.22. The lowest BCUT2D eigenvalue weighted by Gasteiger charge is -2.27. The first-order valence-electron chi connectivity index (χ1n) is 10.2. The fourth-order valence-corrected chi connectivity index (χ4v) is 4.11. The second kappa shape index (κ2) is 8.39. The lowest BCUT2D eigenvalue weighted by Crippen LogP contribution is -2.38. The number of ketones is 1. The molecule has 3 aromatic rings. The SMILES string of the molecule is COc1ccc(C(=O)c2c(C)n(CCN3CCOCC3)c3cc(C)ccc23)cc1. The molecule has 0 spiro atoms. The van der Waals surface area contributed by atoms with E-state index in [0.717, 1.165) is 67.3 Å². The largest absolute Gasteiger partial charge is 0.497 e. The third-order valence-electron chi connectivity index (χ3n) is 5.80. The summed E-state index contributed by atoms with van der Waals surface area (Å²) in [6, 6.07) is 13.7. The zero-order valence-corrected chi connectivity index (χ0v) is 17.4. The maximum Gasteiger partial charge on any atom is 0.195 e. The van der Waals surface area contributed by atoms with E-state index in [1.807, 2.05) is 24.3 Å². The van der Waals surface area contributed by atoms with Gasteiger partial charge in [0.15, 0.2) is 5.78 Å². The maximum absolute atomic E-state index is 13.4. The molecule has 0 saturated carbocycles. The third kappa shape index (κ3) is 3.93. The number of fused-ring (bicyclic) bond motifs is 1. The first-order valence-corrected chi connectivity index (χ1v) is 10.2. The number of nitrogens with zero attached hydrogens (tertiary/aromatic N) is 2. The molecule has 0 bridgehead atoms. The van der Waals surface area contributed by atoms with Gasteiger partial charge in [0, 0.05) is 48.3 Å². The van der Waals surface area contributed by atoms with Crippen molar-refractivity contribution in [3.8, 4) is 5.75 Å². The average molecular weight is 392 g/mol. The van der Waals surface area contributed by atoms with Gasteiger partial charge in [-0.1, -0.05) is 12.1 Å². The highest BCUT2D eigenvalue weighted by Crippen LogP contribution is 2.29. The Morgan fingerprint density at radius 3 is 2.45 bits per heavy atom. The van der Waals surface area contributed by atoms with Gasteiger partial charge in [0.05, 0.1) is 25.9 Å². The molecule has 0 N–H and O–H groups in total. The van der Waals surface area contributed by atoms with Crippen molar-refractivity contribution in [1.29, 1.82) is 0 Å². The first kappa shape index (κ1) is 19.7. The van der Waals surface area contributed by atoms with E-state index in [1.54, 1.807) is 7.11 Å². The van der Waals surface area contributed by atoms with Crippen LogP contribution in [-0.4, -0.2) is 55.2 Å². The van der Waals surface area contributed by atoms with Crippen molar-refractivity contribution in [3.63, 3.8) is 0 Å². The van der Waals surface area contributed by atoms with E-state index in [0.29, 0.717) is 5.56 Å². The Balaban J connectivity index is 1.71. The molecule has 1 aliphatic rings. The molecule has 0 radical (unpaired) electrons. The highest BCUT2D eigenvalue weighted by atomic mass is 16.5. The summed E-state index contributed by atoms with van der Waals surface area (Å²) < 4.78 is 13.0. The van der Waals surface area contributed by atoms with Gasteiger partial charge in [-0.3, -0.25) is 9.69 Å². The molecule has 1 aliphatic heterocycles. The van der Waals surface area contributed by atoms with Gasteiger partial charge in [-0.2, -0.15) is 0 Å². The van der Waals surface area contributed by atoms with E-state index in [-0.39, 0.29) is 5.78 Å². The van der Waals surface area contributed by atoms with Crippen molar-refractivity contribution >= 4 is 16.7 Å². The average Bonchev–Trinajstić information content (AvgIpc) is 3.03. The lowest BCUT2D eigenvalue weighted by atomic mass is 10.00. The molecule has 1 aromatic heterocycles. The van der Waals surface area contributed by atoms with Crippen LogP contribution in [0.25, 0.3) is 10.9 Å². The molecule has 2 aromatic carbocycles. The van der Waals surface area contributed by atoms with Crippen molar-refractivity contribution in [3.05, 3.63) is 64.8 Å². The Morgan fingerprint density at radius 1 is 1.03 bits per heavy atom. The monoisotopic (exact) mass is 392 g/mol. The van der Waals surface area contributed by atoms with Crippen molar-refractivity contribution in [1.82, 2.24) is 9.47 Å². The number of ether oxygens (including phenoxy) is 2. The Bertz CT molecular complexity index is 1010. The number of benzene rings is 2. The van der Waals surface area contributed by atoms with Crippen molar-refractivity contribution in [2.45, 2.75) is 20.4 Å². The summed E-state index contributed by atoms with van der Waals surface area (Å²) in [5.74, 6) is 0.811. The van der Waals surface area contributed by atoms with Crippen molar-refractivity contribution in [2.75, 3.05) is 40.0 Å². The van der Waals surface area contributed by atoms with Gasteiger partial charge in [0.2, 0.25) is 0 Å². The number of carbonyl (C=O) groups is 1. The summed E-state index contributed by atoms with van der Waals surface area (Å²) in [7, 11) is 1.63. The van der Waals surface area contributed by atoms with Crippen LogP contribution in [0.2, 0.25) is 0 Å². The number of hydrogen-bond donors (Lipinski definition) is 0. The highest BCUT2D eigenvalue weighted by molar-refractivity contribution is 6.17. The molecule has 5 nitrogen and oxygen atoms in total. The summed E-state index contributed by atoms with van der Waals surface area (Å²) in [6.07, 6.45) is 0. The Kier molecular flexibility index (Phi) is 5.69. The molecule has 0 aliphatic carbocycles. The predicted molar refractivity (Wildman–Crippen MR) is 115 cm³/mol. The Morgan fingerprint density at radius 2 is 1.76 bits per heavy atom. The standard InChI is InChI=1S/C24H28N2O3/c1-17-4-9-21-22(16-17)26(11-10-25-12-14-29-15-13-25)18(2)23(21)24(27)19-5-7-20(28-3)8-6-19/h4-9,16H,10-15H2,1-3H3. The van der Waals surface area contributed by atoms with E-state index in [4.69, 9.17) is 9.47 Å². The summed E-state index contributed by atoms with van der Waals surface area (Å²) in [6.45, 7) is 9.51. The van der Waals surface area contributed by atoms with Crippen molar-refractivity contribution < 1.29 is 14.3 Å². The van der Waals surface area contributed by atoms with Gasteiger partial charge in [-0.15, -0.1) is 0 Å². The second-order valence-electron chi connectivity index (χ2n) is 7.64. The fraction of sp³-hybridized carbons (Fsp3) is 0.375. The minimum atomic E-state index is 0.0594. The molecular weight excluding hydrogens is 364 g/mol. The zero-order chi connectivity index (χ0) is 20.4. The number of morpholine rings is 1. The topological polar surface area (TPSA) is 43.7 Å². The quantitative estimate of drug-likeness (QED) is 0.598. The van der Waals surface area contributed by atoms with E-state index < -0.39 is 0 Å². The number of aryl methyl sites for hydroxylation is 1. The van der Waals surface area contributed by atoms with Crippen LogP contribution < -0.4 is 4.74 Å². The molecule has 0 amide bonds. The van der Waals surface area contributed by atoms with Crippen LogP contribution >= 0.6 is 0 Å². The molecule has 152 valence electrons. The Hall–Kier alpha value is -2.63. The van der Waals surface area contributed by atoms with Crippen molar-refractivity contribution in [2.24, 2.45) is 0 Å². The molecule has 4 rings (SSSR count). The number of carbonyl (C=O) groups excluding carboxylic acids is 1. The van der Waals surface area contributed by atoms with Gasteiger partial charge in [-0.25, -0.2) is 0 Å². The fourth-order valence-electron chi connectivity index (χ4n) is 4.11. The van der Waals surface area contributed by atoms with Gasteiger partial charge < -0.3 is 14.0 Å². The molecular formula is C24H28N2O3. The lowest BCUT2D eigenvalue weighted by molar-refractivity contribution is 0.0365. The van der Waals surface area contributed by atoms with Gasteiger partial charge in [0.25, 0.3) is 0 Å². The van der Waals surface area contributed by atoms with Crippen LogP contribution in [0.5, 0.6) is 5.75 Å². The summed E-state index contributed by atoms with van der Waals surface area (Å²) in [4.78, 5) is 15.8. The number of hydrogen-bond acceptors (Lipinski definition) is 4. The minimum Gasteiger partial charge on any atom is -0.497 e. The van der Waals surface area contributed by atoms with E-state index in [9.17, 15) is 4.79 Å². The maximum atomic E-state index is 13.4. The first-order chi connectivity index (χ1) is 14.1. The van der Waals surface area contributed by atoms with Crippen LogP contribution in [0.15, 0.2) is 42.5 Å². The minimum absolute atomic E-state index is 0.0594. The molecule has 0 atom stereocenters. The smallest absolute Gasteiger partial charge is 0.195 e. The number of rotatable bonds is 6. The Labute approximate surface area is 171 Å². The van der Waals surface area contributed by atoms with Gasteiger partial charge >= 0.3 is 0 Å². The molecule has 5 heteroatoms. The summed E-state index contributed by atoms with van der Waals surface area (Å²) in [5.41, 5.74) is 4.84. The van der Waals surface area contributed by atoms with Crippen LogP contribution in [0.3, 0.4) is 0 Å². The van der Waals surface area contributed by atoms with Gasteiger partial charge in [0.1, 0.15) is 5.75 Å². The number of methoxy groups -OCH3 is 1. The third-order valence-corrected chi connectivity index (χ3v) is 5.80. The molecule has 2 heterocycles. The van der Waals surface area contributed by atoms with E-state index >= 15 is 0 Å². The summed E-state index contributed by atoms with van der Waals surface area (Å²) >= 11 is 0. The van der Waals surface area contributed by atoms with Crippen LogP contribution in [-0.2, 0) is 11.3 Å². The van der Waals surface area contributed by atoms with Crippen LogP contribution in [0.4, 0.5) is 0 Å². The number of aromatic nitrogens is 1. The predicted octanol–water partition coefficient (Wildman–Crippen LogP) is 3.83. The van der Waals surface area contributed by atoms with Crippen LogP contribution in [0, 0.1) is 13.8 Å². The second-order valence-corrected chi connectivity index (χ2v) is 7.64. The molecule has 29 heavy (non-hydrogen) atoms.